The Balaban J connectivity index is 1.74. The molecule has 0 saturated carbocycles. The number of amides is 1. The molecule has 1 amide bonds. The Morgan fingerprint density at radius 3 is 2.36 bits per heavy atom. The predicted molar refractivity (Wildman–Crippen MR) is 105 cm³/mol. The molecular formula is C22H25FN2O3. The minimum atomic E-state index is -0.477. The van der Waals surface area contributed by atoms with Crippen molar-refractivity contribution in [3.05, 3.63) is 66.0 Å². The summed E-state index contributed by atoms with van der Waals surface area (Å²) in [6.45, 7) is 3.43. The lowest BCUT2D eigenvalue weighted by Crippen LogP contribution is -2.43. The van der Waals surface area contributed by atoms with Gasteiger partial charge in [-0.1, -0.05) is 30.3 Å². The molecule has 0 radical (unpaired) electrons. The third-order valence-corrected chi connectivity index (χ3v) is 4.99. The van der Waals surface area contributed by atoms with Crippen LogP contribution in [0.2, 0.25) is 0 Å². The molecule has 1 saturated heterocycles. The molecular weight excluding hydrogens is 359 g/mol. The van der Waals surface area contributed by atoms with Gasteiger partial charge in [0.15, 0.2) is 0 Å². The fraction of sp³-hybridized carbons (Fsp3) is 0.364. The summed E-state index contributed by atoms with van der Waals surface area (Å²) in [7, 11) is 0. The highest BCUT2D eigenvalue weighted by atomic mass is 19.1. The van der Waals surface area contributed by atoms with Crippen LogP contribution in [0.15, 0.2) is 54.6 Å². The van der Waals surface area contributed by atoms with Crippen LogP contribution in [0.3, 0.4) is 0 Å². The van der Waals surface area contributed by atoms with Crippen molar-refractivity contribution < 1.29 is 18.7 Å². The Morgan fingerprint density at radius 2 is 1.75 bits per heavy atom. The fourth-order valence-electron chi connectivity index (χ4n) is 3.56. The zero-order valence-electron chi connectivity index (χ0n) is 15.9. The second-order valence-electron chi connectivity index (χ2n) is 6.87. The van der Waals surface area contributed by atoms with Crippen LogP contribution < -0.4 is 5.32 Å². The van der Waals surface area contributed by atoms with Gasteiger partial charge in [-0.25, -0.2) is 4.39 Å². The maximum Gasteiger partial charge on any atom is 0.309 e. The molecule has 0 spiro atoms. The molecule has 1 aliphatic heterocycles. The normalized spacial score (nSPS) is 16.4. The van der Waals surface area contributed by atoms with Gasteiger partial charge in [0, 0.05) is 18.8 Å². The van der Waals surface area contributed by atoms with Gasteiger partial charge >= 0.3 is 5.97 Å². The first kappa shape index (κ1) is 20.0. The lowest BCUT2D eigenvalue weighted by Gasteiger charge is -2.36. The molecule has 2 aromatic carbocycles. The Morgan fingerprint density at radius 1 is 1.11 bits per heavy atom. The van der Waals surface area contributed by atoms with Gasteiger partial charge in [0.2, 0.25) is 5.91 Å². The number of anilines is 1. The van der Waals surface area contributed by atoms with Crippen molar-refractivity contribution in [1.82, 2.24) is 4.90 Å². The monoisotopic (exact) mass is 384 g/mol. The summed E-state index contributed by atoms with van der Waals surface area (Å²) in [5.41, 5.74) is 1.44. The highest BCUT2D eigenvalue weighted by Crippen LogP contribution is 2.29. The first-order chi connectivity index (χ1) is 13.6. The molecule has 148 valence electrons. The van der Waals surface area contributed by atoms with Gasteiger partial charge in [0.1, 0.15) is 11.9 Å². The molecule has 0 unspecified atom stereocenters. The molecule has 1 atom stereocenters. The van der Waals surface area contributed by atoms with Crippen LogP contribution >= 0.6 is 0 Å². The van der Waals surface area contributed by atoms with Crippen molar-refractivity contribution in [2.75, 3.05) is 25.0 Å². The largest absolute Gasteiger partial charge is 0.466 e. The Bertz CT molecular complexity index is 787. The van der Waals surface area contributed by atoms with E-state index in [1.54, 1.807) is 19.1 Å². The van der Waals surface area contributed by atoms with Crippen molar-refractivity contribution in [2.45, 2.75) is 25.8 Å². The molecule has 1 heterocycles. The van der Waals surface area contributed by atoms with E-state index in [4.69, 9.17) is 4.74 Å². The number of carbonyl (C=O) groups is 2. The minimum absolute atomic E-state index is 0.118. The summed E-state index contributed by atoms with van der Waals surface area (Å²) < 4.78 is 18.3. The Hall–Kier alpha value is -2.73. The van der Waals surface area contributed by atoms with E-state index in [1.807, 2.05) is 30.3 Å². The highest BCUT2D eigenvalue weighted by Gasteiger charge is 2.33. The molecule has 3 rings (SSSR count). The molecule has 1 fully saturated rings. The minimum Gasteiger partial charge on any atom is -0.466 e. The van der Waals surface area contributed by atoms with Gasteiger partial charge < -0.3 is 10.1 Å². The van der Waals surface area contributed by atoms with Gasteiger partial charge in [-0.2, -0.15) is 0 Å². The van der Waals surface area contributed by atoms with Crippen LogP contribution in [0.1, 0.15) is 31.4 Å². The summed E-state index contributed by atoms with van der Waals surface area (Å²) in [4.78, 5) is 27.2. The third kappa shape index (κ3) is 4.95. The van der Waals surface area contributed by atoms with E-state index in [0.717, 1.165) is 5.56 Å². The highest BCUT2D eigenvalue weighted by molar-refractivity contribution is 5.95. The molecule has 1 N–H and O–H groups in total. The summed E-state index contributed by atoms with van der Waals surface area (Å²) >= 11 is 0. The molecule has 28 heavy (non-hydrogen) atoms. The SMILES string of the molecule is CCOC(=O)C1CCN([C@@H](C(=O)Nc2ccc(F)cc2)c2ccccc2)CC1. The smallest absolute Gasteiger partial charge is 0.309 e. The summed E-state index contributed by atoms with van der Waals surface area (Å²) in [5, 5.41) is 2.88. The molecule has 1 aliphatic rings. The average molecular weight is 384 g/mol. The topological polar surface area (TPSA) is 58.6 Å². The molecule has 0 aliphatic carbocycles. The first-order valence-electron chi connectivity index (χ1n) is 9.60. The van der Waals surface area contributed by atoms with Gasteiger partial charge in [0.05, 0.1) is 12.5 Å². The summed E-state index contributed by atoms with van der Waals surface area (Å²) in [6.07, 6.45) is 1.32. The lowest BCUT2D eigenvalue weighted by molar-refractivity contribution is -0.149. The van der Waals surface area contributed by atoms with E-state index in [0.29, 0.717) is 38.2 Å². The van der Waals surface area contributed by atoms with Crippen molar-refractivity contribution in [1.29, 1.82) is 0 Å². The van der Waals surface area contributed by atoms with Crippen molar-refractivity contribution in [2.24, 2.45) is 5.92 Å². The number of nitrogens with one attached hydrogen (secondary N) is 1. The maximum atomic E-state index is 13.1. The molecule has 5 nitrogen and oxygen atoms in total. The van der Waals surface area contributed by atoms with E-state index in [2.05, 4.69) is 10.2 Å². The molecule has 6 heteroatoms. The van der Waals surface area contributed by atoms with Crippen LogP contribution in [0.25, 0.3) is 0 Å². The standard InChI is InChI=1S/C22H25FN2O3/c1-2-28-22(27)17-12-14-25(15-13-17)20(16-6-4-3-5-7-16)21(26)24-19-10-8-18(23)9-11-19/h3-11,17,20H,2,12-15H2,1H3,(H,24,26)/t20-/m1/s1. The average Bonchev–Trinajstić information content (AvgIpc) is 2.71. The molecule has 0 aromatic heterocycles. The Kier molecular flexibility index (Phi) is 6.76. The summed E-state index contributed by atoms with van der Waals surface area (Å²) in [6, 6.07) is 14.8. The zero-order chi connectivity index (χ0) is 19.9. The maximum absolute atomic E-state index is 13.1. The summed E-state index contributed by atoms with van der Waals surface area (Å²) in [5.74, 6) is -0.798. The van der Waals surface area contributed by atoms with Crippen LogP contribution in [0, 0.1) is 11.7 Å². The number of halogens is 1. The number of piperidine rings is 1. The van der Waals surface area contributed by atoms with E-state index in [1.165, 1.54) is 12.1 Å². The number of ether oxygens (including phenoxy) is 1. The number of likely N-dealkylation sites (tertiary alicyclic amines) is 1. The number of nitrogens with zero attached hydrogens (tertiary/aromatic N) is 1. The van der Waals surface area contributed by atoms with E-state index in [9.17, 15) is 14.0 Å². The van der Waals surface area contributed by atoms with Crippen molar-refractivity contribution in [3.8, 4) is 0 Å². The molecule has 2 aromatic rings. The molecule has 0 bridgehead atoms. The van der Waals surface area contributed by atoms with Gasteiger partial charge in [-0.15, -0.1) is 0 Å². The number of hydrogen-bond donors (Lipinski definition) is 1. The number of carbonyl (C=O) groups excluding carboxylic acids is 2. The Labute approximate surface area is 164 Å². The predicted octanol–water partition coefficient (Wildman–Crippen LogP) is 3.78. The van der Waals surface area contributed by atoms with E-state index in [-0.39, 0.29) is 23.6 Å². The van der Waals surface area contributed by atoms with Crippen LogP contribution in [0.5, 0.6) is 0 Å². The second-order valence-corrected chi connectivity index (χ2v) is 6.87. The van der Waals surface area contributed by atoms with E-state index < -0.39 is 6.04 Å². The quantitative estimate of drug-likeness (QED) is 0.770. The number of benzene rings is 2. The second kappa shape index (κ2) is 9.46. The van der Waals surface area contributed by atoms with Crippen LogP contribution in [-0.4, -0.2) is 36.5 Å². The van der Waals surface area contributed by atoms with Gasteiger partial charge in [-0.3, -0.25) is 14.5 Å². The number of rotatable bonds is 6. The van der Waals surface area contributed by atoms with Crippen LogP contribution in [-0.2, 0) is 14.3 Å². The van der Waals surface area contributed by atoms with Crippen molar-refractivity contribution >= 4 is 17.6 Å². The number of hydrogen-bond acceptors (Lipinski definition) is 4. The van der Waals surface area contributed by atoms with Crippen molar-refractivity contribution in [3.63, 3.8) is 0 Å². The number of esters is 1. The third-order valence-electron chi connectivity index (χ3n) is 4.99. The zero-order valence-corrected chi connectivity index (χ0v) is 15.9. The van der Waals surface area contributed by atoms with Gasteiger partial charge in [0.25, 0.3) is 0 Å². The lowest BCUT2D eigenvalue weighted by atomic mass is 9.94. The van der Waals surface area contributed by atoms with E-state index >= 15 is 0 Å². The first-order valence-corrected chi connectivity index (χ1v) is 9.60. The van der Waals surface area contributed by atoms with Gasteiger partial charge in [-0.05, 0) is 49.6 Å². The fourth-order valence-corrected chi connectivity index (χ4v) is 3.56. The van der Waals surface area contributed by atoms with Crippen LogP contribution in [0.4, 0.5) is 10.1 Å².